The van der Waals surface area contributed by atoms with Crippen molar-refractivity contribution in [1.82, 2.24) is 0 Å². The monoisotopic (exact) mass is 262 g/mol. The van der Waals surface area contributed by atoms with E-state index in [0.717, 1.165) is 6.07 Å². The van der Waals surface area contributed by atoms with Crippen molar-refractivity contribution in [3.05, 3.63) is 29.3 Å². The van der Waals surface area contributed by atoms with E-state index in [9.17, 15) is 13.2 Å². The molecule has 0 bridgehead atoms. The Bertz CT molecular complexity index is 407. The molecule has 0 spiro atoms. The summed E-state index contributed by atoms with van der Waals surface area (Å²) in [4.78, 5) is 1.41. The predicted octanol–water partition coefficient (Wildman–Crippen LogP) is 1.98. The fourth-order valence-electron chi connectivity index (χ4n) is 1.60. The van der Waals surface area contributed by atoms with Crippen LogP contribution in [0.3, 0.4) is 0 Å². The third-order valence-corrected chi connectivity index (χ3v) is 2.91. The Morgan fingerprint density at radius 1 is 1.39 bits per heavy atom. The third kappa shape index (κ3) is 3.14. The van der Waals surface area contributed by atoms with Crippen LogP contribution in [0.25, 0.3) is 0 Å². The largest absolute Gasteiger partial charge is 0.418 e. The number of alkyl halides is 3. The number of benzene rings is 1. The van der Waals surface area contributed by atoms with Crippen molar-refractivity contribution in [1.29, 1.82) is 0 Å². The molecule has 0 aliphatic carbocycles. The molecular weight excluding hydrogens is 245 g/mol. The van der Waals surface area contributed by atoms with Crippen LogP contribution in [-0.2, 0) is 12.7 Å². The van der Waals surface area contributed by atoms with Gasteiger partial charge in [-0.15, -0.1) is 0 Å². The summed E-state index contributed by atoms with van der Waals surface area (Å²) in [5.74, 6) is 0. The molecule has 6 heteroatoms. The van der Waals surface area contributed by atoms with Crippen LogP contribution in [0.2, 0.25) is 0 Å². The van der Waals surface area contributed by atoms with Crippen molar-refractivity contribution in [3.63, 3.8) is 0 Å². The lowest BCUT2D eigenvalue weighted by Crippen LogP contribution is -2.33. The van der Waals surface area contributed by atoms with Crippen LogP contribution in [-0.4, -0.2) is 24.8 Å². The molecule has 0 radical (unpaired) electrons. The second-order valence-electron chi connectivity index (χ2n) is 4.20. The lowest BCUT2D eigenvalue weighted by molar-refractivity contribution is -0.137. The van der Waals surface area contributed by atoms with E-state index >= 15 is 0 Å². The summed E-state index contributed by atoms with van der Waals surface area (Å²) in [7, 11) is 1.52. The van der Waals surface area contributed by atoms with Gasteiger partial charge in [-0.2, -0.15) is 13.2 Å². The second-order valence-corrected chi connectivity index (χ2v) is 4.20. The van der Waals surface area contributed by atoms with Crippen molar-refractivity contribution in [2.75, 3.05) is 18.6 Å². The SMILES string of the molecule is CC(CO)N(C)c1ccc(CN)cc1C(F)(F)F. The van der Waals surface area contributed by atoms with Crippen LogP contribution >= 0.6 is 0 Å². The summed E-state index contributed by atoms with van der Waals surface area (Å²) in [6, 6.07) is 3.60. The molecule has 1 aromatic carbocycles. The van der Waals surface area contributed by atoms with Crippen LogP contribution < -0.4 is 10.6 Å². The lowest BCUT2D eigenvalue weighted by Gasteiger charge is -2.28. The zero-order chi connectivity index (χ0) is 13.9. The molecule has 3 nitrogen and oxygen atoms in total. The maximum Gasteiger partial charge on any atom is 0.418 e. The van der Waals surface area contributed by atoms with Gasteiger partial charge in [-0.05, 0) is 24.6 Å². The van der Waals surface area contributed by atoms with E-state index in [1.165, 1.54) is 18.0 Å². The summed E-state index contributed by atoms with van der Waals surface area (Å²) in [6.07, 6.45) is -4.44. The Kier molecular flexibility index (Phi) is 4.59. The van der Waals surface area contributed by atoms with Gasteiger partial charge < -0.3 is 15.7 Å². The molecule has 0 amide bonds. The molecule has 0 saturated carbocycles. The van der Waals surface area contributed by atoms with Gasteiger partial charge >= 0.3 is 6.18 Å². The van der Waals surface area contributed by atoms with Gasteiger partial charge in [-0.25, -0.2) is 0 Å². The summed E-state index contributed by atoms with van der Waals surface area (Å²) < 4.78 is 38.9. The van der Waals surface area contributed by atoms with E-state index in [2.05, 4.69) is 0 Å². The number of nitrogens with two attached hydrogens (primary N) is 1. The van der Waals surface area contributed by atoms with E-state index in [-0.39, 0.29) is 18.8 Å². The minimum Gasteiger partial charge on any atom is -0.394 e. The van der Waals surface area contributed by atoms with Crippen molar-refractivity contribution in [2.45, 2.75) is 25.7 Å². The fourth-order valence-corrected chi connectivity index (χ4v) is 1.60. The highest BCUT2D eigenvalue weighted by molar-refractivity contribution is 5.56. The van der Waals surface area contributed by atoms with E-state index in [1.807, 2.05) is 0 Å². The molecule has 0 fully saturated rings. The number of hydrogen-bond acceptors (Lipinski definition) is 3. The smallest absolute Gasteiger partial charge is 0.394 e. The highest BCUT2D eigenvalue weighted by Crippen LogP contribution is 2.37. The second kappa shape index (κ2) is 5.58. The summed E-state index contributed by atoms with van der Waals surface area (Å²) in [6.45, 7) is 1.49. The first-order chi connectivity index (χ1) is 8.31. The first-order valence-corrected chi connectivity index (χ1v) is 5.55. The molecule has 102 valence electrons. The highest BCUT2D eigenvalue weighted by atomic mass is 19.4. The third-order valence-electron chi connectivity index (χ3n) is 2.91. The molecule has 0 saturated heterocycles. The maximum absolute atomic E-state index is 13.0. The van der Waals surface area contributed by atoms with Gasteiger partial charge in [0.25, 0.3) is 0 Å². The quantitative estimate of drug-likeness (QED) is 0.872. The topological polar surface area (TPSA) is 49.5 Å². The molecule has 3 N–H and O–H groups in total. The van der Waals surface area contributed by atoms with Crippen LogP contribution in [0, 0.1) is 0 Å². The standard InChI is InChI=1S/C12H17F3N2O/c1-8(7-18)17(2)11-4-3-9(6-16)5-10(11)12(13,14)15/h3-5,8,18H,6-7,16H2,1-2H3. The van der Waals surface area contributed by atoms with Crippen molar-refractivity contribution in [3.8, 4) is 0 Å². The number of nitrogens with zero attached hydrogens (tertiary/aromatic N) is 1. The first kappa shape index (κ1) is 14.8. The van der Waals surface area contributed by atoms with Gasteiger partial charge in [0.1, 0.15) is 0 Å². The van der Waals surface area contributed by atoms with E-state index < -0.39 is 17.8 Å². The minimum absolute atomic E-state index is 0.0428. The van der Waals surface area contributed by atoms with Gasteiger partial charge in [0.05, 0.1) is 12.2 Å². The zero-order valence-electron chi connectivity index (χ0n) is 10.3. The van der Waals surface area contributed by atoms with Crippen LogP contribution in [0.4, 0.5) is 18.9 Å². The molecule has 0 heterocycles. The summed E-state index contributed by atoms with van der Waals surface area (Å²) in [5.41, 5.74) is 5.09. The summed E-state index contributed by atoms with van der Waals surface area (Å²) in [5, 5.41) is 9.02. The molecule has 0 aliphatic rings. The average Bonchev–Trinajstić information content (AvgIpc) is 2.35. The number of halogens is 3. The average molecular weight is 262 g/mol. The van der Waals surface area contributed by atoms with Crippen LogP contribution in [0.5, 0.6) is 0 Å². The molecular formula is C12H17F3N2O. The number of anilines is 1. The molecule has 1 unspecified atom stereocenters. The number of aliphatic hydroxyl groups is 1. The molecule has 0 aromatic heterocycles. The Morgan fingerprint density at radius 3 is 2.44 bits per heavy atom. The van der Waals surface area contributed by atoms with Gasteiger partial charge in [0.15, 0.2) is 0 Å². The lowest BCUT2D eigenvalue weighted by atomic mass is 10.1. The predicted molar refractivity (Wildman–Crippen MR) is 64.3 cm³/mol. The molecule has 1 rings (SSSR count). The highest BCUT2D eigenvalue weighted by Gasteiger charge is 2.35. The van der Waals surface area contributed by atoms with E-state index in [4.69, 9.17) is 10.8 Å². The van der Waals surface area contributed by atoms with Gasteiger partial charge in [-0.1, -0.05) is 6.07 Å². The van der Waals surface area contributed by atoms with Crippen molar-refractivity contribution < 1.29 is 18.3 Å². The molecule has 1 aromatic rings. The number of aliphatic hydroxyl groups excluding tert-OH is 1. The minimum atomic E-state index is -4.44. The Hall–Kier alpha value is -1.27. The Balaban J connectivity index is 3.26. The van der Waals surface area contributed by atoms with Gasteiger partial charge in [0, 0.05) is 25.3 Å². The van der Waals surface area contributed by atoms with Crippen LogP contribution in [0.15, 0.2) is 18.2 Å². The summed E-state index contributed by atoms with van der Waals surface area (Å²) >= 11 is 0. The molecule has 18 heavy (non-hydrogen) atoms. The number of likely N-dealkylation sites (N-methyl/N-ethyl adjacent to an activating group) is 1. The van der Waals surface area contributed by atoms with Crippen molar-refractivity contribution >= 4 is 5.69 Å². The van der Waals surface area contributed by atoms with Crippen molar-refractivity contribution in [2.24, 2.45) is 5.73 Å². The maximum atomic E-state index is 13.0. The van der Waals surface area contributed by atoms with Gasteiger partial charge in [0.2, 0.25) is 0 Å². The van der Waals surface area contributed by atoms with Crippen LogP contribution in [0.1, 0.15) is 18.1 Å². The Morgan fingerprint density at radius 2 is 2.00 bits per heavy atom. The zero-order valence-corrected chi connectivity index (χ0v) is 10.3. The number of rotatable bonds is 4. The molecule has 1 atom stereocenters. The van der Waals surface area contributed by atoms with E-state index in [0.29, 0.717) is 5.56 Å². The Labute approximate surface area is 104 Å². The normalized spacial score (nSPS) is 13.5. The van der Waals surface area contributed by atoms with E-state index in [1.54, 1.807) is 13.0 Å². The van der Waals surface area contributed by atoms with Gasteiger partial charge in [-0.3, -0.25) is 0 Å². The first-order valence-electron chi connectivity index (χ1n) is 5.55. The number of hydrogen-bond donors (Lipinski definition) is 2. The molecule has 0 aliphatic heterocycles. The fraction of sp³-hybridized carbons (Fsp3) is 0.500.